The molecule has 2 N–H and O–H groups in total. The molecule has 1 fully saturated rings. The van der Waals surface area contributed by atoms with Gasteiger partial charge in [-0.25, -0.2) is 8.42 Å². The van der Waals surface area contributed by atoms with Crippen molar-refractivity contribution in [3.63, 3.8) is 0 Å². The largest absolute Gasteiger partial charge is 0.330 e. The standard InChI is InChI=1S/C12H16BrNO2S/c13-11-3-1-10(2-4-11)7-12(8-14)5-6-17(15,16)9-12/h1-4H,5-9,14H2. The molecule has 1 aliphatic rings. The summed E-state index contributed by atoms with van der Waals surface area (Å²) >= 11 is 3.39. The maximum absolute atomic E-state index is 11.6. The number of hydrogen-bond acceptors (Lipinski definition) is 3. The number of halogens is 1. The second-order valence-electron chi connectivity index (χ2n) is 4.85. The molecule has 1 aliphatic heterocycles. The number of hydrogen-bond donors (Lipinski definition) is 1. The fourth-order valence-corrected chi connectivity index (χ4v) is 4.84. The zero-order chi connectivity index (χ0) is 12.5. The molecule has 0 aliphatic carbocycles. The Balaban J connectivity index is 2.18. The van der Waals surface area contributed by atoms with Crippen molar-refractivity contribution in [1.29, 1.82) is 0 Å². The minimum Gasteiger partial charge on any atom is -0.330 e. The fourth-order valence-electron chi connectivity index (χ4n) is 2.39. The summed E-state index contributed by atoms with van der Waals surface area (Å²) in [4.78, 5) is 0. The van der Waals surface area contributed by atoms with Gasteiger partial charge in [0.25, 0.3) is 0 Å². The van der Waals surface area contributed by atoms with Gasteiger partial charge in [0.2, 0.25) is 0 Å². The Labute approximate surface area is 110 Å². The summed E-state index contributed by atoms with van der Waals surface area (Å²) in [6.07, 6.45) is 1.43. The first-order valence-electron chi connectivity index (χ1n) is 5.60. The van der Waals surface area contributed by atoms with Crippen molar-refractivity contribution < 1.29 is 8.42 Å². The topological polar surface area (TPSA) is 60.2 Å². The molecule has 0 spiro atoms. The Morgan fingerprint density at radius 2 is 1.94 bits per heavy atom. The van der Waals surface area contributed by atoms with E-state index in [0.29, 0.717) is 13.0 Å². The minimum atomic E-state index is -2.88. The van der Waals surface area contributed by atoms with Crippen LogP contribution in [-0.4, -0.2) is 26.5 Å². The van der Waals surface area contributed by atoms with Gasteiger partial charge in [0.05, 0.1) is 11.5 Å². The predicted molar refractivity (Wildman–Crippen MR) is 72.6 cm³/mol. The summed E-state index contributed by atoms with van der Waals surface area (Å²) in [7, 11) is -2.88. The molecule has 3 nitrogen and oxygen atoms in total. The first-order chi connectivity index (χ1) is 7.95. The molecule has 17 heavy (non-hydrogen) atoms. The van der Waals surface area contributed by atoms with Gasteiger partial charge in [-0.2, -0.15) is 0 Å². The molecule has 0 amide bonds. The molecule has 1 aromatic rings. The second-order valence-corrected chi connectivity index (χ2v) is 7.95. The van der Waals surface area contributed by atoms with Crippen molar-refractivity contribution >= 4 is 25.8 Å². The minimum absolute atomic E-state index is 0.229. The molecule has 1 aromatic carbocycles. The Morgan fingerprint density at radius 1 is 1.29 bits per heavy atom. The maximum atomic E-state index is 11.6. The van der Waals surface area contributed by atoms with Gasteiger partial charge in [-0.3, -0.25) is 0 Å². The van der Waals surface area contributed by atoms with Gasteiger partial charge >= 0.3 is 0 Å². The molecule has 1 unspecified atom stereocenters. The van der Waals surface area contributed by atoms with Gasteiger partial charge in [0.1, 0.15) is 0 Å². The Kier molecular flexibility index (Phi) is 3.61. The first kappa shape index (κ1) is 13.1. The summed E-state index contributed by atoms with van der Waals surface area (Å²) in [6.45, 7) is 0.433. The van der Waals surface area contributed by atoms with Crippen LogP contribution in [0.1, 0.15) is 12.0 Å². The highest BCUT2D eigenvalue weighted by molar-refractivity contribution is 9.10. The van der Waals surface area contributed by atoms with Crippen LogP contribution >= 0.6 is 15.9 Å². The van der Waals surface area contributed by atoms with Crippen molar-refractivity contribution in [3.05, 3.63) is 34.3 Å². The number of nitrogens with two attached hydrogens (primary N) is 1. The molecule has 0 aromatic heterocycles. The van der Waals surface area contributed by atoms with Crippen molar-refractivity contribution in [2.75, 3.05) is 18.1 Å². The lowest BCUT2D eigenvalue weighted by Crippen LogP contribution is -2.34. The van der Waals surface area contributed by atoms with Crippen molar-refractivity contribution in [2.45, 2.75) is 12.8 Å². The van der Waals surface area contributed by atoms with Crippen molar-refractivity contribution in [2.24, 2.45) is 11.1 Å². The number of sulfone groups is 1. The van der Waals surface area contributed by atoms with E-state index in [9.17, 15) is 8.42 Å². The zero-order valence-electron chi connectivity index (χ0n) is 9.52. The van der Waals surface area contributed by atoms with Crippen LogP contribution in [-0.2, 0) is 16.3 Å². The highest BCUT2D eigenvalue weighted by Gasteiger charge is 2.41. The molecule has 2 rings (SSSR count). The molecule has 0 bridgehead atoms. The smallest absolute Gasteiger partial charge is 0.150 e. The van der Waals surface area contributed by atoms with E-state index in [1.165, 1.54) is 0 Å². The van der Waals surface area contributed by atoms with E-state index in [4.69, 9.17) is 5.73 Å². The Morgan fingerprint density at radius 3 is 2.41 bits per heavy atom. The highest BCUT2D eigenvalue weighted by Crippen LogP contribution is 2.35. The summed E-state index contributed by atoms with van der Waals surface area (Å²) in [5, 5.41) is 0. The molecule has 1 atom stereocenters. The molecule has 1 saturated heterocycles. The quantitative estimate of drug-likeness (QED) is 0.924. The van der Waals surface area contributed by atoms with Gasteiger partial charge in [-0.05, 0) is 37.1 Å². The monoisotopic (exact) mass is 317 g/mol. The lowest BCUT2D eigenvalue weighted by atomic mass is 9.81. The van der Waals surface area contributed by atoms with E-state index < -0.39 is 9.84 Å². The number of benzene rings is 1. The lowest BCUT2D eigenvalue weighted by molar-refractivity contribution is 0.344. The summed E-state index contributed by atoms with van der Waals surface area (Å²) < 4.78 is 24.2. The van der Waals surface area contributed by atoms with Gasteiger partial charge in [0, 0.05) is 9.89 Å². The molecule has 1 heterocycles. The fraction of sp³-hybridized carbons (Fsp3) is 0.500. The van der Waals surface area contributed by atoms with Crippen LogP contribution in [0.2, 0.25) is 0 Å². The molecule has 0 saturated carbocycles. The Hall–Kier alpha value is -0.390. The van der Waals surface area contributed by atoms with Crippen LogP contribution < -0.4 is 5.73 Å². The van der Waals surface area contributed by atoms with Gasteiger partial charge in [-0.1, -0.05) is 28.1 Å². The summed E-state index contributed by atoms with van der Waals surface area (Å²) in [5.74, 6) is 0.507. The van der Waals surface area contributed by atoms with Crippen LogP contribution in [0.15, 0.2) is 28.7 Å². The van der Waals surface area contributed by atoms with Crippen molar-refractivity contribution in [3.8, 4) is 0 Å². The maximum Gasteiger partial charge on any atom is 0.150 e. The Bertz CT molecular complexity index is 498. The van der Waals surface area contributed by atoms with Crippen molar-refractivity contribution in [1.82, 2.24) is 0 Å². The van der Waals surface area contributed by atoms with Crippen LogP contribution in [0.25, 0.3) is 0 Å². The van der Waals surface area contributed by atoms with Crippen LogP contribution in [0.3, 0.4) is 0 Å². The molecule has 94 valence electrons. The van der Waals surface area contributed by atoms with Gasteiger partial charge in [-0.15, -0.1) is 0 Å². The van der Waals surface area contributed by atoms with E-state index in [1.54, 1.807) is 0 Å². The average molecular weight is 318 g/mol. The summed E-state index contributed by atoms with van der Waals surface area (Å²) in [6, 6.07) is 7.99. The predicted octanol–water partition coefficient (Wildman–Crippen LogP) is 1.76. The second kappa shape index (κ2) is 4.71. The van der Waals surface area contributed by atoms with E-state index in [2.05, 4.69) is 15.9 Å². The third-order valence-electron chi connectivity index (χ3n) is 3.39. The average Bonchev–Trinajstić information content (AvgIpc) is 2.59. The van der Waals surface area contributed by atoms with E-state index in [-0.39, 0.29) is 16.9 Å². The zero-order valence-corrected chi connectivity index (χ0v) is 11.9. The highest BCUT2D eigenvalue weighted by atomic mass is 79.9. The summed E-state index contributed by atoms with van der Waals surface area (Å²) in [5.41, 5.74) is 6.69. The SMILES string of the molecule is NCC1(Cc2ccc(Br)cc2)CCS(=O)(=O)C1. The van der Waals surface area contributed by atoms with E-state index >= 15 is 0 Å². The van der Waals surface area contributed by atoms with Gasteiger partial charge < -0.3 is 5.73 Å². The van der Waals surface area contributed by atoms with E-state index in [1.807, 2.05) is 24.3 Å². The third kappa shape index (κ3) is 3.09. The van der Waals surface area contributed by atoms with Crippen LogP contribution in [0.4, 0.5) is 0 Å². The number of rotatable bonds is 3. The first-order valence-corrected chi connectivity index (χ1v) is 8.21. The normalized spacial score (nSPS) is 27.2. The lowest BCUT2D eigenvalue weighted by Gasteiger charge is -2.25. The third-order valence-corrected chi connectivity index (χ3v) is 5.80. The van der Waals surface area contributed by atoms with Gasteiger partial charge in [0.15, 0.2) is 9.84 Å². The van der Waals surface area contributed by atoms with E-state index in [0.717, 1.165) is 16.5 Å². The molecule has 0 radical (unpaired) electrons. The molecule has 5 heteroatoms. The van der Waals surface area contributed by atoms with Crippen LogP contribution in [0, 0.1) is 5.41 Å². The molecular formula is C12H16BrNO2S. The molecular weight excluding hydrogens is 302 g/mol. The van der Waals surface area contributed by atoms with Crippen LogP contribution in [0.5, 0.6) is 0 Å².